The molecule has 0 radical (unpaired) electrons. The molecule has 4 rings (SSSR count). The Balaban J connectivity index is 1.60. The van der Waals surface area contributed by atoms with Crippen LogP contribution in [0.25, 0.3) is 10.9 Å². The fraction of sp³-hybridized carbons (Fsp3) is 0. The van der Waals surface area contributed by atoms with Gasteiger partial charge in [-0.2, -0.15) is 0 Å². The van der Waals surface area contributed by atoms with Crippen LogP contribution in [0.15, 0.2) is 77.0 Å². The highest BCUT2D eigenvalue weighted by atomic mass is 32.2. The lowest BCUT2D eigenvalue weighted by Crippen LogP contribution is -2.30. The molecule has 0 spiro atoms. The van der Waals surface area contributed by atoms with Crippen LogP contribution in [0.3, 0.4) is 0 Å². The van der Waals surface area contributed by atoms with Gasteiger partial charge in [-0.15, -0.1) is 0 Å². The van der Waals surface area contributed by atoms with Crippen molar-refractivity contribution in [3.63, 3.8) is 0 Å². The van der Waals surface area contributed by atoms with Gasteiger partial charge in [0.2, 0.25) is 5.82 Å². The molecule has 0 unspecified atom stereocenters. The summed E-state index contributed by atoms with van der Waals surface area (Å²) in [5.41, 5.74) is 4.62. The summed E-state index contributed by atoms with van der Waals surface area (Å²) in [6.45, 7) is 0. The maximum atomic E-state index is 12.4. The highest BCUT2D eigenvalue weighted by Gasteiger charge is 2.25. The molecule has 0 bridgehead atoms. The van der Waals surface area contributed by atoms with Crippen molar-refractivity contribution in [3.05, 3.63) is 92.9 Å². The molecule has 1 amide bonds. The topological polar surface area (TPSA) is 166 Å². The summed E-state index contributed by atoms with van der Waals surface area (Å²) in [6.07, 6.45) is 2.74. The van der Waals surface area contributed by atoms with Crippen molar-refractivity contribution in [1.29, 1.82) is 0 Å². The van der Waals surface area contributed by atoms with Crippen LogP contribution in [0.1, 0.15) is 10.4 Å². The van der Waals surface area contributed by atoms with Gasteiger partial charge in [0.25, 0.3) is 11.6 Å². The van der Waals surface area contributed by atoms with Crippen LogP contribution in [-0.2, 0) is 0 Å². The van der Waals surface area contributed by atoms with Crippen molar-refractivity contribution in [2.45, 2.75) is 9.92 Å². The quantitative estimate of drug-likeness (QED) is 0.234. The van der Waals surface area contributed by atoms with Crippen LogP contribution < -0.4 is 10.9 Å². The number of nitrogens with one attached hydrogen (secondary N) is 2. The number of carbonyl (C=O) groups is 1. The molecule has 0 aliphatic rings. The van der Waals surface area contributed by atoms with E-state index in [4.69, 9.17) is 0 Å². The Morgan fingerprint density at radius 2 is 1.73 bits per heavy atom. The molecule has 164 valence electrons. The summed E-state index contributed by atoms with van der Waals surface area (Å²) in [4.78, 5) is 46.7. The average molecular weight is 463 g/mol. The van der Waals surface area contributed by atoms with Gasteiger partial charge in [-0.05, 0) is 18.2 Å². The summed E-state index contributed by atoms with van der Waals surface area (Å²) in [6, 6.07) is 14.1. The molecule has 0 saturated heterocycles. The van der Waals surface area contributed by atoms with Crippen LogP contribution in [-0.4, -0.2) is 30.7 Å². The third-order valence-corrected chi connectivity index (χ3v) is 5.43. The number of para-hydroxylation sites is 1. The molecule has 0 aliphatic carbocycles. The number of hydrogen-bond donors (Lipinski definition) is 2. The van der Waals surface area contributed by atoms with Crippen LogP contribution in [0.4, 0.5) is 17.2 Å². The minimum atomic E-state index is -0.737. The molecular weight excluding hydrogens is 450 g/mol. The van der Waals surface area contributed by atoms with E-state index in [-0.39, 0.29) is 22.1 Å². The Kier molecular flexibility index (Phi) is 6.04. The van der Waals surface area contributed by atoms with E-state index < -0.39 is 21.4 Å². The molecule has 13 heteroatoms. The van der Waals surface area contributed by atoms with Crippen molar-refractivity contribution in [3.8, 4) is 0 Å². The van der Waals surface area contributed by atoms with Crippen molar-refractivity contribution in [2.24, 2.45) is 0 Å². The fourth-order valence-corrected chi connectivity index (χ4v) is 3.89. The Morgan fingerprint density at radius 3 is 2.52 bits per heavy atom. The third-order valence-electron chi connectivity index (χ3n) is 4.39. The zero-order chi connectivity index (χ0) is 23.4. The number of hydrogen-bond acceptors (Lipinski definition) is 10. The van der Waals surface area contributed by atoms with Crippen LogP contribution in [0, 0.1) is 20.2 Å². The summed E-state index contributed by atoms with van der Waals surface area (Å²) >= 11 is 1.04. The Hall–Kier alpha value is -4.65. The first-order chi connectivity index (χ1) is 15.9. The Bertz CT molecular complexity index is 1390. The molecule has 0 saturated carbocycles. The number of hydrazine groups is 1. The minimum Gasteiger partial charge on any atom is -0.276 e. The SMILES string of the molecule is O=C(NNc1ncnc(Sc2cccc3cccnc23)c1[N+](=O)[O-])c1cccc([N+](=O)[O-])c1. The number of non-ortho nitro benzene ring substituents is 1. The van der Waals surface area contributed by atoms with Crippen LogP contribution in [0.5, 0.6) is 0 Å². The van der Waals surface area contributed by atoms with E-state index in [0.717, 1.165) is 29.5 Å². The number of benzene rings is 2. The summed E-state index contributed by atoms with van der Waals surface area (Å²) in [7, 11) is 0. The molecular formula is C20H13N7O5S. The number of rotatable bonds is 7. The number of anilines is 1. The summed E-state index contributed by atoms with van der Waals surface area (Å²) in [5.74, 6) is -0.983. The van der Waals surface area contributed by atoms with Gasteiger partial charge in [-0.3, -0.25) is 40.9 Å². The van der Waals surface area contributed by atoms with Gasteiger partial charge in [-0.1, -0.05) is 36.0 Å². The maximum absolute atomic E-state index is 12.4. The molecule has 0 aliphatic heterocycles. The second kappa shape index (κ2) is 9.23. The zero-order valence-corrected chi connectivity index (χ0v) is 17.4. The number of aromatic nitrogens is 3. The second-order valence-corrected chi connectivity index (χ2v) is 7.48. The normalized spacial score (nSPS) is 10.5. The molecule has 0 atom stereocenters. The molecule has 2 aromatic carbocycles. The van der Waals surface area contributed by atoms with E-state index in [9.17, 15) is 25.0 Å². The second-order valence-electron chi connectivity index (χ2n) is 6.45. The highest BCUT2D eigenvalue weighted by molar-refractivity contribution is 7.99. The Labute approximate surface area is 189 Å². The number of nitro groups is 2. The number of carbonyl (C=O) groups excluding carboxylic acids is 1. The van der Waals surface area contributed by atoms with E-state index in [1.807, 2.05) is 12.1 Å². The van der Waals surface area contributed by atoms with E-state index in [1.54, 1.807) is 24.4 Å². The monoisotopic (exact) mass is 463 g/mol. The Morgan fingerprint density at radius 1 is 0.939 bits per heavy atom. The first kappa shape index (κ1) is 21.6. The lowest BCUT2D eigenvalue weighted by molar-refractivity contribution is -0.387. The summed E-state index contributed by atoms with van der Waals surface area (Å²) < 4.78 is 0. The van der Waals surface area contributed by atoms with Gasteiger partial charge in [0.15, 0.2) is 5.03 Å². The molecule has 33 heavy (non-hydrogen) atoms. The van der Waals surface area contributed by atoms with E-state index in [2.05, 4.69) is 25.8 Å². The van der Waals surface area contributed by atoms with Gasteiger partial charge in [-0.25, -0.2) is 9.97 Å². The largest absolute Gasteiger partial charge is 0.345 e. The van der Waals surface area contributed by atoms with Gasteiger partial charge in [0.05, 0.1) is 15.4 Å². The molecule has 2 heterocycles. The smallest absolute Gasteiger partial charge is 0.276 e. The molecule has 0 fully saturated rings. The van der Waals surface area contributed by atoms with Crippen LogP contribution >= 0.6 is 11.8 Å². The van der Waals surface area contributed by atoms with Gasteiger partial charge in [0, 0.05) is 34.2 Å². The van der Waals surface area contributed by atoms with Crippen molar-refractivity contribution >= 4 is 45.8 Å². The molecule has 2 N–H and O–H groups in total. The standard InChI is InChI=1S/C20H13N7O5S/c28-19(13-5-1-7-14(10-13)26(29)30)25-24-18-17(27(31)32)20(23-11-22-18)33-15-8-2-4-12-6-3-9-21-16(12)15/h1-11H,(H,25,28)(H,22,23,24). The van der Waals surface area contributed by atoms with E-state index >= 15 is 0 Å². The average Bonchev–Trinajstić information content (AvgIpc) is 2.82. The third kappa shape index (κ3) is 4.67. The predicted octanol–water partition coefficient (Wildman–Crippen LogP) is 3.75. The van der Waals surface area contributed by atoms with E-state index in [0.29, 0.717) is 10.4 Å². The fourth-order valence-electron chi connectivity index (χ4n) is 2.90. The highest BCUT2D eigenvalue weighted by Crippen LogP contribution is 2.38. The number of amides is 1. The van der Waals surface area contributed by atoms with Gasteiger partial charge >= 0.3 is 5.69 Å². The number of pyridine rings is 1. The maximum Gasteiger partial charge on any atom is 0.345 e. The van der Waals surface area contributed by atoms with E-state index in [1.165, 1.54) is 18.2 Å². The first-order valence-electron chi connectivity index (χ1n) is 9.26. The molecule has 2 aromatic heterocycles. The van der Waals surface area contributed by atoms with Gasteiger partial charge < -0.3 is 0 Å². The molecule has 4 aromatic rings. The lowest BCUT2D eigenvalue weighted by Gasteiger charge is -2.10. The number of nitro benzene ring substituents is 1. The minimum absolute atomic E-state index is 0.00941. The van der Waals surface area contributed by atoms with Gasteiger partial charge in [0.1, 0.15) is 6.33 Å². The number of nitrogens with zero attached hydrogens (tertiary/aromatic N) is 5. The van der Waals surface area contributed by atoms with Crippen LogP contribution in [0.2, 0.25) is 0 Å². The number of fused-ring (bicyclic) bond motifs is 1. The van der Waals surface area contributed by atoms with Crippen molar-refractivity contribution < 1.29 is 14.6 Å². The van der Waals surface area contributed by atoms with Crippen molar-refractivity contribution in [1.82, 2.24) is 20.4 Å². The first-order valence-corrected chi connectivity index (χ1v) is 10.1. The lowest BCUT2D eigenvalue weighted by atomic mass is 10.2. The molecule has 12 nitrogen and oxygen atoms in total. The van der Waals surface area contributed by atoms with Crippen molar-refractivity contribution in [2.75, 3.05) is 5.43 Å². The zero-order valence-electron chi connectivity index (χ0n) is 16.5. The predicted molar refractivity (Wildman–Crippen MR) is 119 cm³/mol. The summed E-state index contributed by atoms with van der Waals surface area (Å²) in [5, 5.41) is 23.6.